The van der Waals surface area contributed by atoms with Crippen molar-refractivity contribution in [2.45, 2.75) is 87.6 Å². The van der Waals surface area contributed by atoms with Gasteiger partial charge in [-0.25, -0.2) is 0 Å². The molecule has 17 nitrogen and oxygen atoms in total. The summed E-state index contributed by atoms with van der Waals surface area (Å²) in [5.74, 6) is -1.42. The Morgan fingerprint density at radius 3 is 2.08 bits per heavy atom. The maximum atomic E-state index is 12.0. The van der Waals surface area contributed by atoms with Crippen molar-refractivity contribution in [2.24, 2.45) is 0 Å². The van der Waals surface area contributed by atoms with Gasteiger partial charge in [-0.05, 0) is 6.42 Å². The zero-order valence-electron chi connectivity index (χ0n) is 22.0. The number of ketones is 1. The predicted molar refractivity (Wildman–Crippen MR) is 129 cm³/mol. The number of nitrogens with one attached hydrogen (secondary N) is 2. The minimum absolute atomic E-state index is 0.160. The van der Waals surface area contributed by atoms with Gasteiger partial charge in [0.2, 0.25) is 11.8 Å². The fourth-order valence-corrected chi connectivity index (χ4v) is 3.88. The Kier molecular flexibility index (Phi) is 14.7. The second-order valence-electron chi connectivity index (χ2n) is 9.28. The molecule has 2 aliphatic rings. The van der Waals surface area contributed by atoms with E-state index in [1.807, 2.05) is 6.92 Å². The molecule has 2 saturated heterocycles. The number of carbonyl (C=O) groups is 3. The SMILES string of the molecule is CCCOCC(=O)NCC(=O)CCC(=O)NCOC1OC(CO)C(OC2OC(CO)C(O)C(O)C2O)C(O)C1O. The van der Waals surface area contributed by atoms with Crippen LogP contribution in [0.15, 0.2) is 0 Å². The van der Waals surface area contributed by atoms with E-state index in [1.54, 1.807) is 0 Å². The Labute approximate surface area is 229 Å². The molecule has 0 bridgehead atoms. The van der Waals surface area contributed by atoms with Gasteiger partial charge in [-0.3, -0.25) is 14.4 Å². The van der Waals surface area contributed by atoms with Crippen molar-refractivity contribution in [3.8, 4) is 0 Å². The van der Waals surface area contributed by atoms with Crippen LogP contribution in [0.25, 0.3) is 0 Å². The maximum absolute atomic E-state index is 12.0. The van der Waals surface area contributed by atoms with Crippen molar-refractivity contribution in [3.05, 3.63) is 0 Å². The van der Waals surface area contributed by atoms with Gasteiger partial charge in [0.25, 0.3) is 0 Å². The number of aliphatic hydroxyl groups excluding tert-OH is 7. The van der Waals surface area contributed by atoms with Crippen LogP contribution in [0.3, 0.4) is 0 Å². The number of carbonyl (C=O) groups excluding carboxylic acids is 3. The Hall–Kier alpha value is -1.87. The number of hydrogen-bond donors (Lipinski definition) is 9. The van der Waals surface area contributed by atoms with E-state index in [0.29, 0.717) is 6.61 Å². The quantitative estimate of drug-likeness (QED) is 0.0605. The molecular weight excluding hydrogens is 544 g/mol. The van der Waals surface area contributed by atoms with E-state index in [4.69, 9.17) is 23.7 Å². The first kappa shape index (κ1) is 34.3. The summed E-state index contributed by atoms with van der Waals surface area (Å²) in [6.07, 6.45) is -15.7. The average Bonchev–Trinajstić information content (AvgIpc) is 2.94. The number of hydrogen-bond acceptors (Lipinski definition) is 15. The van der Waals surface area contributed by atoms with Crippen LogP contribution in [0.4, 0.5) is 0 Å². The second kappa shape index (κ2) is 17.2. The molecule has 0 aliphatic carbocycles. The monoisotopic (exact) mass is 584 g/mol. The van der Waals surface area contributed by atoms with Crippen molar-refractivity contribution < 1.29 is 73.8 Å². The summed E-state index contributed by atoms with van der Waals surface area (Å²) in [5, 5.41) is 74.7. The van der Waals surface area contributed by atoms with Gasteiger partial charge in [0.05, 0.1) is 19.8 Å². The van der Waals surface area contributed by atoms with Crippen LogP contribution >= 0.6 is 0 Å². The van der Waals surface area contributed by atoms with E-state index in [9.17, 15) is 50.1 Å². The number of rotatable bonds is 16. The van der Waals surface area contributed by atoms with Crippen LogP contribution < -0.4 is 10.6 Å². The summed E-state index contributed by atoms with van der Waals surface area (Å²) in [4.78, 5) is 35.4. The van der Waals surface area contributed by atoms with Crippen molar-refractivity contribution in [1.82, 2.24) is 10.6 Å². The Bertz CT molecular complexity index is 800. The third kappa shape index (κ3) is 9.89. The van der Waals surface area contributed by atoms with Crippen LogP contribution in [0.2, 0.25) is 0 Å². The van der Waals surface area contributed by atoms with Crippen molar-refractivity contribution >= 4 is 17.6 Å². The molecule has 0 saturated carbocycles. The molecular formula is C23H40N2O15. The normalized spacial score (nSPS) is 34.3. The molecule has 2 aliphatic heterocycles. The lowest BCUT2D eigenvalue weighted by Crippen LogP contribution is -2.64. The molecule has 10 atom stereocenters. The third-order valence-corrected chi connectivity index (χ3v) is 6.17. The molecule has 17 heteroatoms. The molecule has 2 rings (SSSR count). The van der Waals surface area contributed by atoms with Crippen LogP contribution in [0.1, 0.15) is 26.2 Å². The molecule has 0 spiro atoms. The van der Waals surface area contributed by atoms with Crippen LogP contribution in [0, 0.1) is 0 Å². The molecule has 2 amide bonds. The smallest absolute Gasteiger partial charge is 0.246 e. The molecule has 0 radical (unpaired) electrons. The molecule has 2 heterocycles. The van der Waals surface area contributed by atoms with E-state index >= 15 is 0 Å². The zero-order valence-corrected chi connectivity index (χ0v) is 22.0. The highest BCUT2D eigenvalue weighted by Gasteiger charge is 2.50. The fourth-order valence-electron chi connectivity index (χ4n) is 3.88. The highest BCUT2D eigenvalue weighted by molar-refractivity contribution is 5.89. The van der Waals surface area contributed by atoms with Crippen LogP contribution in [-0.4, -0.2) is 154 Å². The second-order valence-corrected chi connectivity index (χ2v) is 9.28. The first-order valence-electron chi connectivity index (χ1n) is 12.9. The number of ether oxygens (including phenoxy) is 5. The lowest BCUT2D eigenvalue weighted by atomic mass is 9.97. The molecule has 0 aromatic rings. The van der Waals surface area contributed by atoms with Crippen LogP contribution in [0.5, 0.6) is 0 Å². The average molecular weight is 585 g/mol. The maximum Gasteiger partial charge on any atom is 0.246 e. The van der Waals surface area contributed by atoms with Gasteiger partial charge in [0.1, 0.15) is 62.2 Å². The Morgan fingerprint density at radius 1 is 0.775 bits per heavy atom. The highest BCUT2D eigenvalue weighted by atomic mass is 16.7. The number of Topliss-reactive ketones (excluding diaryl/α,β-unsaturated/α-hetero) is 1. The number of aliphatic hydroxyl groups is 7. The minimum Gasteiger partial charge on any atom is -0.394 e. The van der Waals surface area contributed by atoms with Gasteiger partial charge in [-0.2, -0.15) is 0 Å². The molecule has 0 aromatic heterocycles. The molecule has 10 unspecified atom stereocenters. The van der Waals surface area contributed by atoms with E-state index < -0.39 is 93.2 Å². The first-order chi connectivity index (χ1) is 19.0. The van der Waals surface area contributed by atoms with Crippen molar-refractivity contribution in [2.75, 3.05) is 39.7 Å². The summed E-state index contributed by atoms with van der Waals surface area (Å²) in [6.45, 7) is -0.0823. The topological polar surface area (TPSA) is 263 Å². The largest absolute Gasteiger partial charge is 0.394 e. The molecule has 40 heavy (non-hydrogen) atoms. The summed E-state index contributed by atoms with van der Waals surface area (Å²) in [7, 11) is 0. The predicted octanol–water partition coefficient (Wildman–Crippen LogP) is -5.41. The first-order valence-corrected chi connectivity index (χ1v) is 12.9. The van der Waals surface area contributed by atoms with Crippen molar-refractivity contribution in [1.29, 1.82) is 0 Å². The summed E-state index contributed by atoms with van der Waals surface area (Å²) >= 11 is 0. The minimum atomic E-state index is -1.80. The standard InChI is InChI=1S/C23H40N2O15/c1-2-5-36-9-15(30)24-6-11(28)3-4-14(29)25-10-37-22-20(35)18(33)21(13(8-27)39-22)40-23-19(34)17(32)16(31)12(7-26)38-23/h12-13,16-23,26-27,31-35H,2-10H2,1H3,(H,24,30)(H,25,29). The number of amides is 2. The van der Waals surface area contributed by atoms with E-state index in [-0.39, 0.29) is 31.8 Å². The summed E-state index contributed by atoms with van der Waals surface area (Å²) < 4.78 is 26.4. The van der Waals surface area contributed by atoms with Gasteiger partial charge < -0.3 is 70.1 Å². The van der Waals surface area contributed by atoms with E-state index in [1.165, 1.54) is 0 Å². The van der Waals surface area contributed by atoms with E-state index in [2.05, 4.69) is 10.6 Å². The van der Waals surface area contributed by atoms with E-state index in [0.717, 1.165) is 6.42 Å². The van der Waals surface area contributed by atoms with Gasteiger partial charge >= 0.3 is 0 Å². The molecule has 232 valence electrons. The Balaban J connectivity index is 1.77. The summed E-state index contributed by atoms with van der Waals surface area (Å²) in [6, 6.07) is 0. The molecule has 9 N–H and O–H groups in total. The van der Waals surface area contributed by atoms with Gasteiger partial charge in [-0.15, -0.1) is 0 Å². The van der Waals surface area contributed by atoms with Gasteiger partial charge in [-0.1, -0.05) is 6.92 Å². The van der Waals surface area contributed by atoms with Crippen molar-refractivity contribution in [3.63, 3.8) is 0 Å². The molecule has 0 aromatic carbocycles. The molecule has 2 fully saturated rings. The summed E-state index contributed by atoms with van der Waals surface area (Å²) in [5.41, 5.74) is 0. The lowest BCUT2D eigenvalue weighted by Gasteiger charge is -2.45. The Morgan fingerprint density at radius 2 is 1.43 bits per heavy atom. The van der Waals surface area contributed by atoms with Gasteiger partial charge in [0, 0.05) is 19.4 Å². The zero-order chi connectivity index (χ0) is 29.8. The third-order valence-electron chi connectivity index (χ3n) is 6.17. The van der Waals surface area contributed by atoms with Gasteiger partial charge in [0.15, 0.2) is 18.4 Å². The highest BCUT2D eigenvalue weighted by Crippen LogP contribution is 2.29. The van der Waals surface area contributed by atoms with Crippen LogP contribution in [-0.2, 0) is 38.1 Å². The lowest BCUT2D eigenvalue weighted by molar-refractivity contribution is -0.359. The fraction of sp³-hybridized carbons (Fsp3) is 0.870.